The summed E-state index contributed by atoms with van der Waals surface area (Å²) in [5.41, 5.74) is 1.97. The van der Waals surface area contributed by atoms with Gasteiger partial charge in [-0.3, -0.25) is 4.79 Å². The molecule has 1 amide bonds. The Morgan fingerprint density at radius 1 is 1.15 bits per heavy atom. The fourth-order valence-corrected chi connectivity index (χ4v) is 3.76. The van der Waals surface area contributed by atoms with E-state index in [0.29, 0.717) is 22.9 Å². The molecule has 0 spiro atoms. The molecule has 1 saturated heterocycles. The molecule has 8 nitrogen and oxygen atoms in total. The summed E-state index contributed by atoms with van der Waals surface area (Å²) < 4.78 is 17.4. The van der Waals surface area contributed by atoms with Crippen LogP contribution in [0.5, 0.6) is 5.75 Å². The van der Waals surface area contributed by atoms with Crippen molar-refractivity contribution in [2.45, 2.75) is 19.9 Å². The number of aromatic nitrogens is 3. The summed E-state index contributed by atoms with van der Waals surface area (Å²) in [6.45, 7) is 6.00. The van der Waals surface area contributed by atoms with Crippen LogP contribution in [0.2, 0.25) is 0 Å². The normalized spacial score (nSPS) is 15.9. The number of carbonyl (C=O) groups excluding carboxylic acids is 1. The lowest BCUT2D eigenvalue weighted by molar-refractivity contribution is 0.102. The molecule has 0 radical (unpaired) electrons. The quantitative estimate of drug-likeness (QED) is 0.590. The van der Waals surface area contributed by atoms with E-state index in [1.807, 2.05) is 25.1 Å². The number of rotatable bonds is 7. The van der Waals surface area contributed by atoms with Crippen LogP contribution in [0.1, 0.15) is 23.0 Å². The Morgan fingerprint density at radius 3 is 2.58 bits per heavy atom. The Kier molecular flexibility index (Phi) is 6.97. The topological polar surface area (TPSA) is 83.5 Å². The number of amides is 1. The zero-order valence-electron chi connectivity index (χ0n) is 18.7. The van der Waals surface area contributed by atoms with Crippen LogP contribution < -0.4 is 19.9 Å². The molecule has 2 aromatic heterocycles. The average Bonchev–Trinajstić information content (AvgIpc) is 2.83. The Morgan fingerprint density at radius 2 is 1.91 bits per heavy atom. The van der Waals surface area contributed by atoms with Crippen molar-refractivity contribution in [3.05, 3.63) is 66.1 Å². The zero-order valence-corrected chi connectivity index (χ0v) is 18.7. The molecule has 1 aliphatic heterocycles. The van der Waals surface area contributed by atoms with Gasteiger partial charge < -0.3 is 19.9 Å². The number of ether oxygens (including phenoxy) is 1. The first kappa shape index (κ1) is 22.4. The number of benzene rings is 1. The highest BCUT2D eigenvalue weighted by Crippen LogP contribution is 2.21. The van der Waals surface area contributed by atoms with Gasteiger partial charge in [-0.25, -0.2) is 19.3 Å². The monoisotopic (exact) mass is 450 g/mol. The molecule has 0 unspecified atom stereocenters. The van der Waals surface area contributed by atoms with E-state index in [9.17, 15) is 9.18 Å². The van der Waals surface area contributed by atoms with E-state index in [1.165, 1.54) is 0 Å². The van der Waals surface area contributed by atoms with Crippen LogP contribution in [0.25, 0.3) is 0 Å². The lowest BCUT2D eigenvalue weighted by Gasteiger charge is -2.40. The SMILES string of the molecule is Cc1cccc(N2CCN(c3ncc(NC(=O)c4ccc(OCCF)cc4)cn3)[C@@H](C)C2)n1. The Bertz CT molecular complexity index is 1080. The van der Waals surface area contributed by atoms with Crippen LogP contribution in [0, 0.1) is 6.92 Å². The third-order valence-corrected chi connectivity index (χ3v) is 5.44. The number of halogens is 1. The highest BCUT2D eigenvalue weighted by molar-refractivity contribution is 6.04. The van der Waals surface area contributed by atoms with Crippen LogP contribution in [-0.4, -0.2) is 59.8 Å². The lowest BCUT2D eigenvalue weighted by Crippen LogP contribution is -2.53. The van der Waals surface area contributed by atoms with Gasteiger partial charge in [-0.2, -0.15) is 0 Å². The van der Waals surface area contributed by atoms with Gasteiger partial charge >= 0.3 is 0 Å². The van der Waals surface area contributed by atoms with Crippen molar-refractivity contribution in [2.24, 2.45) is 0 Å². The molecule has 0 bridgehead atoms. The molecule has 9 heteroatoms. The van der Waals surface area contributed by atoms with E-state index >= 15 is 0 Å². The first-order valence-electron chi connectivity index (χ1n) is 10.9. The van der Waals surface area contributed by atoms with E-state index in [-0.39, 0.29) is 18.6 Å². The molecule has 3 heterocycles. The Labute approximate surface area is 192 Å². The second-order valence-electron chi connectivity index (χ2n) is 7.91. The van der Waals surface area contributed by atoms with Gasteiger partial charge in [0.2, 0.25) is 5.95 Å². The number of aryl methyl sites for hydroxylation is 1. The molecule has 0 aliphatic carbocycles. The molecule has 1 aliphatic rings. The Hall–Kier alpha value is -3.75. The minimum atomic E-state index is -0.559. The maximum Gasteiger partial charge on any atom is 0.255 e. The highest BCUT2D eigenvalue weighted by atomic mass is 19.1. The molecule has 33 heavy (non-hydrogen) atoms. The number of piperazine rings is 1. The van der Waals surface area contributed by atoms with Crippen molar-refractivity contribution in [1.29, 1.82) is 0 Å². The zero-order chi connectivity index (χ0) is 23.2. The second-order valence-corrected chi connectivity index (χ2v) is 7.91. The number of nitrogens with zero attached hydrogens (tertiary/aromatic N) is 5. The maximum atomic E-state index is 12.5. The summed E-state index contributed by atoms with van der Waals surface area (Å²) in [4.78, 5) is 30.5. The van der Waals surface area contributed by atoms with Gasteiger partial charge in [0, 0.05) is 36.9 Å². The number of pyridine rings is 1. The lowest BCUT2D eigenvalue weighted by atomic mass is 10.2. The summed E-state index contributed by atoms with van der Waals surface area (Å²) in [5, 5.41) is 2.80. The minimum absolute atomic E-state index is 0.00822. The van der Waals surface area contributed by atoms with Gasteiger partial charge in [0.15, 0.2) is 0 Å². The Balaban J connectivity index is 1.35. The van der Waals surface area contributed by atoms with Crippen LogP contribution >= 0.6 is 0 Å². The van der Waals surface area contributed by atoms with Gasteiger partial charge in [-0.15, -0.1) is 0 Å². The standard InChI is InChI=1S/C24H27FN6O2/c1-17-4-3-5-22(28-17)30-11-12-31(18(2)16-30)24-26-14-20(15-27-24)29-23(32)19-6-8-21(9-7-19)33-13-10-25/h3-9,14-15,18H,10-13,16H2,1-2H3,(H,29,32)/t18-/m0/s1. The third kappa shape index (κ3) is 5.54. The predicted octanol–water partition coefficient (Wildman–Crippen LogP) is 3.50. The van der Waals surface area contributed by atoms with Crippen LogP contribution in [0.3, 0.4) is 0 Å². The number of nitrogens with one attached hydrogen (secondary N) is 1. The largest absolute Gasteiger partial charge is 0.491 e. The molecular weight excluding hydrogens is 423 g/mol. The molecule has 172 valence electrons. The van der Waals surface area contributed by atoms with Crippen molar-refractivity contribution < 1.29 is 13.9 Å². The fourth-order valence-electron chi connectivity index (χ4n) is 3.76. The van der Waals surface area contributed by atoms with Gasteiger partial charge in [-0.1, -0.05) is 6.07 Å². The first-order valence-corrected chi connectivity index (χ1v) is 10.9. The molecule has 0 saturated carbocycles. The molecule has 1 aromatic carbocycles. The van der Waals surface area contributed by atoms with Gasteiger partial charge in [0.25, 0.3) is 5.91 Å². The van der Waals surface area contributed by atoms with Crippen molar-refractivity contribution in [3.8, 4) is 5.75 Å². The third-order valence-electron chi connectivity index (χ3n) is 5.44. The minimum Gasteiger partial charge on any atom is -0.491 e. The smallest absolute Gasteiger partial charge is 0.255 e. The summed E-state index contributed by atoms with van der Waals surface area (Å²) in [6.07, 6.45) is 3.22. The summed E-state index contributed by atoms with van der Waals surface area (Å²) in [5.74, 6) is 1.86. The number of hydrogen-bond acceptors (Lipinski definition) is 7. The van der Waals surface area contributed by atoms with E-state index in [0.717, 1.165) is 31.1 Å². The number of alkyl halides is 1. The predicted molar refractivity (Wildman–Crippen MR) is 126 cm³/mol. The molecule has 1 atom stereocenters. The number of anilines is 3. The summed E-state index contributed by atoms with van der Waals surface area (Å²) in [6, 6.07) is 12.8. The first-order chi connectivity index (χ1) is 16.0. The molecule has 1 N–H and O–H groups in total. The molecular formula is C24H27FN6O2. The van der Waals surface area contributed by atoms with Gasteiger partial charge in [-0.05, 0) is 50.2 Å². The number of carbonyl (C=O) groups is 1. The van der Waals surface area contributed by atoms with E-state index < -0.39 is 6.67 Å². The molecule has 4 rings (SSSR count). The molecule has 1 fully saturated rings. The number of hydrogen-bond donors (Lipinski definition) is 1. The summed E-state index contributed by atoms with van der Waals surface area (Å²) >= 11 is 0. The molecule has 3 aromatic rings. The van der Waals surface area contributed by atoms with E-state index in [4.69, 9.17) is 4.74 Å². The van der Waals surface area contributed by atoms with E-state index in [2.05, 4.69) is 37.0 Å². The summed E-state index contributed by atoms with van der Waals surface area (Å²) in [7, 11) is 0. The fraction of sp³-hybridized carbons (Fsp3) is 0.333. The van der Waals surface area contributed by atoms with Crippen molar-refractivity contribution in [2.75, 3.05) is 48.0 Å². The van der Waals surface area contributed by atoms with Crippen molar-refractivity contribution in [3.63, 3.8) is 0 Å². The van der Waals surface area contributed by atoms with E-state index in [1.54, 1.807) is 36.7 Å². The van der Waals surface area contributed by atoms with Crippen LogP contribution in [-0.2, 0) is 0 Å². The van der Waals surface area contributed by atoms with Gasteiger partial charge in [0.1, 0.15) is 24.8 Å². The van der Waals surface area contributed by atoms with Crippen molar-refractivity contribution in [1.82, 2.24) is 15.0 Å². The maximum absolute atomic E-state index is 12.5. The van der Waals surface area contributed by atoms with Crippen molar-refractivity contribution >= 4 is 23.4 Å². The second kappa shape index (κ2) is 10.2. The van der Waals surface area contributed by atoms with Gasteiger partial charge in [0.05, 0.1) is 18.1 Å². The van der Waals surface area contributed by atoms with Crippen LogP contribution in [0.4, 0.5) is 21.8 Å². The van der Waals surface area contributed by atoms with Crippen LogP contribution in [0.15, 0.2) is 54.9 Å². The highest BCUT2D eigenvalue weighted by Gasteiger charge is 2.26. The average molecular weight is 451 g/mol.